The van der Waals surface area contributed by atoms with Gasteiger partial charge in [-0.05, 0) is 48.7 Å². The van der Waals surface area contributed by atoms with Gasteiger partial charge in [-0.3, -0.25) is 4.79 Å². The predicted molar refractivity (Wildman–Crippen MR) is 139 cm³/mol. The smallest absolute Gasteiger partial charge is 0.337 e. The van der Waals surface area contributed by atoms with Gasteiger partial charge in [0.15, 0.2) is 5.71 Å². The molecule has 0 aliphatic carbocycles. The number of urea groups is 1. The molecule has 4 rings (SSSR count). The molecule has 2 N–H and O–H groups in total. The number of nitrogens with zero attached hydrogens (tertiary/aromatic N) is 3. The number of aromatic carboxylic acids is 1. The third kappa shape index (κ3) is 6.06. The standard InChI is InChI=1S/C26H30N4O5S/c1-2-3-11-30-22-9-8-20(36-16-10-18-4-6-19(7-5-18)25(32)33)17-21(22)23(24(30)31)27-28-26(34)29-12-14-35-15-13-29/h4-9,17H,2-3,10-16H2,1H3,(H,28,34)(H,32,33). The van der Waals surface area contributed by atoms with Gasteiger partial charge < -0.3 is 19.6 Å². The molecule has 0 unspecified atom stereocenters. The fourth-order valence-corrected chi connectivity index (χ4v) is 5.01. The number of rotatable bonds is 9. The minimum absolute atomic E-state index is 0.207. The van der Waals surface area contributed by atoms with Crippen molar-refractivity contribution in [3.8, 4) is 0 Å². The highest BCUT2D eigenvalue weighted by Gasteiger charge is 2.34. The summed E-state index contributed by atoms with van der Waals surface area (Å²) in [4.78, 5) is 41.1. The number of carboxylic acid groups (broad SMARTS) is 1. The lowest BCUT2D eigenvalue weighted by atomic mass is 10.1. The van der Waals surface area contributed by atoms with Gasteiger partial charge in [0.05, 0.1) is 24.5 Å². The number of carboxylic acids is 1. The Morgan fingerprint density at radius 2 is 1.89 bits per heavy atom. The maximum atomic E-state index is 13.2. The Bertz CT molecular complexity index is 1150. The molecule has 3 amide bonds. The summed E-state index contributed by atoms with van der Waals surface area (Å²) in [5.41, 5.74) is 5.66. The van der Waals surface area contributed by atoms with Gasteiger partial charge in [-0.2, -0.15) is 5.10 Å². The highest BCUT2D eigenvalue weighted by Crippen LogP contribution is 2.33. The molecular weight excluding hydrogens is 480 g/mol. The molecule has 0 spiro atoms. The van der Waals surface area contributed by atoms with E-state index in [1.165, 1.54) is 0 Å². The van der Waals surface area contributed by atoms with Gasteiger partial charge in [-0.15, -0.1) is 11.8 Å². The number of aryl methyl sites for hydroxylation is 1. The summed E-state index contributed by atoms with van der Waals surface area (Å²) in [6.45, 7) is 4.63. The van der Waals surface area contributed by atoms with Gasteiger partial charge in [-0.25, -0.2) is 15.0 Å². The van der Waals surface area contributed by atoms with Crippen molar-refractivity contribution in [3.05, 3.63) is 59.2 Å². The predicted octanol–water partition coefficient (Wildman–Crippen LogP) is 3.61. The molecule has 0 aromatic heterocycles. The van der Waals surface area contributed by atoms with Crippen molar-refractivity contribution in [2.45, 2.75) is 31.1 Å². The van der Waals surface area contributed by atoms with E-state index in [4.69, 9.17) is 9.84 Å². The number of anilines is 1. The maximum Gasteiger partial charge on any atom is 0.337 e. The molecule has 0 bridgehead atoms. The lowest BCUT2D eigenvalue weighted by Gasteiger charge is -2.25. The summed E-state index contributed by atoms with van der Waals surface area (Å²) in [6, 6.07) is 12.4. The van der Waals surface area contributed by atoms with E-state index in [1.54, 1.807) is 33.7 Å². The molecular formula is C26H30N4O5S. The molecule has 190 valence electrons. The molecule has 9 nitrogen and oxygen atoms in total. The molecule has 2 aromatic carbocycles. The van der Waals surface area contributed by atoms with E-state index in [0.29, 0.717) is 38.4 Å². The zero-order valence-electron chi connectivity index (χ0n) is 20.2. The Balaban J connectivity index is 1.47. The van der Waals surface area contributed by atoms with Crippen LogP contribution in [0.15, 0.2) is 52.5 Å². The zero-order valence-corrected chi connectivity index (χ0v) is 21.1. The van der Waals surface area contributed by atoms with Gasteiger partial charge in [0.25, 0.3) is 5.91 Å². The highest BCUT2D eigenvalue weighted by atomic mass is 32.2. The third-order valence-corrected chi connectivity index (χ3v) is 7.11. The Kier molecular flexibility index (Phi) is 8.61. The number of hydrogen-bond acceptors (Lipinski definition) is 6. The Labute approximate surface area is 214 Å². The van der Waals surface area contributed by atoms with Crippen LogP contribution in [-0.2, 0) is 16.0 Å². The minimum atomic E-state index is -0.935. The SMILES string of the molecule is CCCCN1C(=O)C(=NNC(=O)N2CCOCC2)c2cc(SCCc3ccc(C(=O)O)cc3)ccc21. The quantitative estimate of drug-likeness (QED) is 0.394. The van der Waals surface area contributed by atoms with Crippen LogP contribution in [0.1, 0.15) is 41.3 Å². The lowest BCUT2D eigenvalue weighted by molar-refractivity contribution is -0.112. The number of hydrazone groups is 1. The van der Waals surface area contributed by atoms with Crippen LogP contribution in [0.25, 0.3) is 0 Å². The number of amides is 3. The molecule has 36 heavy (non-hydrogen) atoms. The van der Waals surface area contributed by atoms with E-state index in [-0.39, 0.29) is 23.2 Å². The Hall–Kier alpha value is -3.37. The molecule has 2 aromatic rings. The van der Waals surface area contributed by atoms with Crippen LogP contribution in [0.2, 0.25) is 0 Å². The number of nitrogens with one attached hydrogen (secondary N) is 1. The fourth-order valence-electron chi connectivity index (χ4n) is 4.07. The summed E-state index contributed by atoms with van der Waals surface area (Å²) >= 11 is 1.65. The van der Waals surface area contributed by atoms with Gasteiger partial charge in [-0.1, -0.05) is 25.5 Å². The first-order valence-electron chi connectivity index (χ1n) is 12.1. The minimum Gasteiger partial charge on any atom is -0.478 e. The highest BCUT2D eigenvalue weighted by molar-refractivity contribution is 7.99. The molecule has 1 fully saturated rings. The van der Waals surface area contributed by atoms with Crippen LogP contribution in [0.5, 0.6) is 0 Å². The number of morpholine rings is 1. The number of hydrogen-bond donors (Lipinski definition) is 2. The Morgan fingerprint density at radius 3 is 2.58 bits per heavy atom. The first-order valence-corrected chi connectivity index (χ1v) is 13.1. The van der Waals surface area contributed by atoms with Gasteiger partial charge in [0, 0.05) is 35.8 Å². The van der Waals surface area contributed by atoms with E-state index in [9.17, 15) is 14.4 Å². The van der Waals surface area contributed by atoms with Crippen molar-refractivity contribution < 1.29 is 24.2 Å². The molecule has 2 aliphatic rings. The monoisotopic (exact) mass is 510 g/mol. The van der Waals surface area contributed by atoms with Crippen molar-refractivity contribution in [1.82, 2.24) is 10.3 Å². The molecule has 0 atom stereocenters. The molecule has 10 heteroatoms. The maximum absolute atomic E-state index is 13.2. The summed E-state index contributed by atoms with van der Waals surface area (Å²) in [5, 5.41) is 13.3. The normalized spacial score (nSPS) is 16.4. The van der Waals surface area contributed by atoms with Crippen molar-refractivity contribution in [1.29, 1.82) is 0 Å². The average Bonchev–Trinajstić information content (AvgIpc) is 3.16. The third-order valence-electron chi connectivity index (χ3n) is 6.12. The fraction of sp³-hybridized carbons (Fsp3) is 0.385. The molecule has 2 heterocycles. The first-order chi connectivity index (χ1) is 17.5. The molecule has 0 radical (unpaired) electrons. The number of ether oxygens (including phenoxy) is 1. The van der Waals surface area contributed by atoms with Crippen molar-refractivity contribution in [2.24, 2.45) is 5.10 Å². The number of carbonyl (C=O) groups is 3. The van der Waals surface area contributed by atoms with Crippen LogP contribution in [0, 0.1) is 0 Å². The van der Waals surface area contributed by atoms with Crippen LogP contribution in [0.3, 0.4) is 0 Å². The number of carbonyl (C=O) groups excluding carboxylic acids is 2. The van der Waals surface area contributed by atoms with E-state index in [0.717, 1.165) is 41.2 Å². The second-order valence-electron chi connectivity index (χ2n) is 8.57. The van der Waals surface area contributed by atoms with Crippen molar-refractivity contribution in [2.75, 3.05) is 43.5 Å². The Morgan fingerprint density at radius 1 is 1.14 bits per heavy atom. The zero-order chi connectivity index (χ0) is 25.5. The number of benzene rings is 2. The van der Waals surface area contributed by atoms with Crippen molar-refractivity contribution in [3.63, 3.8) is 0 Å². The summed E-state index contributed by atoms with van der Waals surface area (Å²) in [6.07, 6.45) is 2.61. The first kappa shape index (κ1) is 25.7. The lowest BCUT2D eigenvalue weighted by Crippen LogP contribution is -2.45. The number of fused-ring (bicyclic) bond motifs is 1. The average molecular weight is 511 g/mol. The second-order valence-corrected chi connectivity index (χ2v) is 9.73. The van der Waals surface area contributed by atoms with Crippen LogP contribution in [-0.4, -0.2) is 72.2 Å². The molecule has 2 aliphatic heterocycles. The second kappa shape index (κ2) is 12.0. The topological polar surface area (TPSA) is 112 Å². The molecule has 1 saturated heterocycles. The van der Waals surface area contributed by atoms with E-state index < -0.39 is 5.97 Å². The van der Waals surface area contributed by atoms with Crippen LogP contribution in [0.4, 0.5) is 10.5 Å². The summed E-state index contributed by atoms with van der Waals surface area (Å²) in [7, 11) is 0. The van der Waals surface area contributed by atoms with Gasteiger partial charge in [0.1, 0.15) is 0 Å². The number of unbranched alkanes of at least 4 members (excludes halogenated alkanes) is 1. The number of thioether (sulfide) groups is 1. The van der Waals surface area contributed by atoms with E-state index in [1.807, 2.05) is 30.3 Å². The summed E-state index contributed by atoms with van der Waals surface area (Å²) in [5.74, 6) is -0.351. The van der Waals surface area contributed by atoms with Gasteiger partial charge >= 0.3 is 12.0 Å². The van der Waals surface area contributed by atoms with E-state index in [2.05, 4.69) is 17.5 Å². The molecule has 0 saturated carbocycles. The van der Waals surface area contributed by atoms with Crippen LogP contribution >= 0.6 is 11.8 Å². The van der Waals surface area contributed by atoms with E-state index >= 15 is 0 Å². The van der Waals surface area contributed by atoms with Crippen molar-refractivity contribution >= 4 is 41.1 Å². The van der Waals surface area contributed by atoms with Gasteiger partial charge in [0.2, 0.25) is 0 Å². The largest absolute Gasteiger partial charge is 0.478 e. The summed E-state index contributed by atoms with van der Waals surface area (Å²) < 4.78 is 5.29. The van der Waals surface area contributed by atoms with Crippen LogP contribution < -0.4 is 10.3 Å².